The van der Waals surface area contributed by atoms with Crippen molar-refractivity contribution in [2.24, 2.45) is 5.73 Å². The summed E-state index contributed by atoms with van der Waals surface area (Å²) in [4.78, 5) is 23.8. The number of nitrogens with two attached hydrogens (primary N) is 1. The zero-order valence-corrected chi connectivity index (χ0v) is 9.49. The molecule has 0 aromatic heterocycles. The van der Waals surface area contributed by atoms with Gasteiger partial charge < -0.3 is 15.6 Å². The average molecular weight is 239 g/mol. The molecule has 1 saturated heterocycles. The Kier molecular flexibility index (Phi) is 2.77. The van der Waals surface area contributed by atoms with Gasteiger partial charge in [-0.25, -0.2) is 0 Å². The second kappa shape index (κ2) is 3.95. The summed E-state index contributed by atoms with van der Waals surface area (Å²) >= 11 is 1.47. The molecule has 2 aliphatic rings. The van der Waals surface area contributed by atoms with E-state index in [1.807, 2.05) is 0 Å². The van der Waals surface area contributed by atoms with Gasteiger partial charge in [-0.1, -0.05) is 12.2 Å². The predicted octanol–water partition coefficient (Wildman–Crippen LogP) is -1.19. The molecule has 1 fully saturated rings. The summed E-state index contributed by atoms with van der Waals surface area (Å²) in [6.07, 6.45) is 3.43. The van der Waals surface area contributed by atoms with Gasteiger partial charge in [0.05, 0.1) is 11.7 Å². The molecule has 6 heteroatoms. The van der Waals surface area contributed by atoms with Crippen LogP contribution in [0.25, 0.3) is 0 Å². The lowest BCUT2D eigenvalue weighted by Crippen LogP contribution is -2.69. The number of carbonyl (C=O) groups excluding carboxylic acids is 2. The van der Waals surface area contributed by atoms with Gasteiger partial charge in [0.2, 0.25) is 5.91 Å². The van der Waals surface area contributed by atoms with E-state index >= 15 is 0 Å². The number of hydrogen-bond donors (Lipinski definition) is 1. The van der Waals surface area contributed by atoms with Crippen LogP contribution in [0.1, 0.15) is 6.92 Å². The summed E-state index contributed by atoms with van der Waals surface area (Å²) in [6.45, 7) is 1.79. The summed E-state index contributed by atoms with van der Waals surface area (Å²) in [6, 6.07) is -0.591. The molecule has 0 radical (unpaired) electrons. The van der Waals surface area contributed by atoms with E-state index in [4.69, 9.17) is 5.73 Å². The van der Waals surface area contributed by atoms with Gasteiger partial charge in [-0.2, -0.15) is 0 Å². The minimum Gasteiger partial charge on any atom is -0.543 e. The summed E-state index contributed by atoms with van der Waals surface area (Å²) < 4.78 is 0. The van der Waals surface area contributed by atoms with Gasteiger partial charge in [-0.15, -0.1) is 11.8 Å². The summed E-state index contributed by atoms with van der Waals surface area (Å²) in [5.74, 6) is -1.13. The van der Waals surface area contributed by atoms with Crippen molar-refractivity contribution < 1.29 is 14.7 Å². The van der Waals surface area contributed by atoms with E-state index in [0.717, 1.165) is 0 Å². The molecule has 2 atom stereocenters. The molecule has 1 amide bonds. The lowest BCUT2D eigenvalue weighted by Gasteiger charge is -2.49. The molecule has 0 saturated carbocycles. The Labute approximate surface area is 97.0 Å². The molecular weight excluding hydrogens is 228 g/mol. The molecule has 16 heavy (non-hydrogen) atoms. The lowest BCUT2D eigenvalue weighted by molar-refractivity contribution is -0.301. The van der Waals surface area contributed by atoms with Crippen molar-refractivity contribution >= 4 is 23.6 Å². The monoisotopic (exact) mass is 239 g/mol. The number of allylic oxidation sites excluding steroid dienone is 2. The Morgan fingerprint density at radius 2 is 2.38 bits per heavy atom. The van der Waals surface area contributed by atoms with Gasteiger partial charge in [0, 0.05) is 5.75 Å². The predicted molar refractivity (Wildman–Crippen MR) is 57.9 cm³/mol. The second-order valence-corrected chi connectivity index (χ2v) is 4.70. The highest BCUT2D eigenvalue weighted by atomic mass is 32.2. The first-order valence-corrected chi connectivity index (χ1v) is 5.90. The minimum atomic E-state index is -1.32. The number of fused-ring (bicyclic) bond motifs is 1. The molecule has 2 rings (SSSR count). The van der Waals surface area contributed by atoms with Crippen molar-refractivity contribution in [2.45, 2.75) is 18.3 Å². The van der Waals surface area contributed by atoms with Crippen LogP contribution in [0.4, 0.5) is 0 Å². The van der Waals surface area contributed by atoms with E-state index in [0.29, 0.717) is 11.3 Å². The fraction of sp³-hybridized carbons (Fsp3) is 0.400. The number of β-lactam (4-membered cyclic amide) rings is 1. The maximum absolute atomic E-state index is 11.5. The molecule has 86 valence electrons. The van der Waals surface area contributed by atoms with Crippen molar-refractivity contribution in [1.29, 1.82) is 0 Å². The molecule has 0 aromatic carbocycles. The van der Waals surface area contributed by atoms with Crippen LogP contribution < -0.4 is 10.8 Å². The summed E-state index contributed by atoms with van der Waals surface area (Å²) in [5, 5.41) is 10.8. The molecule has 0 bridgehead atoms. The van der Waals surface area contributed by atoms with Crippen LogP contribution in [0.2, 0.25) is 0 Å². The highest BCUT2D eigenvalue weighted by molar-refractivity contribution is 8.00. The number of aliphatic carboxylic acids is 1. The van der Waals surface area contributed by atoms with Gasteiger partial charge in [0.25, 0.3) is 0 Å². The van der Waals surface area contributed by atoms with E-state index in [-0.39, 0.29) is 17.0 Å². The van der Waals surface area contributed by atoms with E-state index in [9.17, 15) is 14.7 Å². The van der Waals surface area contributed by atoms with E-state index in [2.05, 4.69) is 0 Å². The standard InChI is InChI=1S/C10H12N2O3S/c1-2-3-5-4-16-9-6(11)8(13)12(9)7(5)10(14)15/h2-3,6,9H,4,11H2,1H3,(H,14,15)/p-1/b3-2+. The van der Waals surface area contributed by atoms with Crippen molar-refractivity contribution in [2.75, 3.05) is 5.75 Å². The van der Waals surface area contributed by atoms with Crippen LogP contribution in [-0.2, 0) is 9.59 Å². The summed E-state index contributed by atoms with van der Waals surface area (Å²) in [7, 11) is 0. The second-order valence-electron chi connectivity index (χ2n) is 3.60. The molecular formula is C10H11N2O3S-. The van der Waals surface area contributed by atoms with Crippen LogP contribution in [0.3, 0.4) is 0 Å². The van der Waals surface area contributed by atoms with Gasteiger partial charge >= 0.3 is 0 Å². The van der Waals surface area contributed by atoms with E-state index in [1.165, 1.54) is 16.7 Å². The SMILES string of the molecule is C/C=C/C1=C(C(=O)[O-])N2C(=O)C(N)C2SC1. The Morgan fingerprint density at radius 1 is 1.69 bits per heavy atom. The zero-order valence-electron chi connectivity index (χ0n) is 8.67. The molecule has 0 aliphatic carbocycles. The third-order valence-corrected chi connectivity index (χ3v) is 3.92. The number of hydrogen-bond acceptors (Lipinski definition) is 5. The molecule has 2 N–H and O–H groups in total. The van der Waals surface area contributed by atoms with Crippen LogP contribution >= 0.6 is 11.8 Å². The van der Waals surface area contributed by atoms with Crippen LogP contribution in [0.5, 0.6) is 0 Å². The van der Waals surface area contributed by atoms with Gasteiger partial charge in [0.15, 0.2) is 0 Å². The fourth-order valence-electron chi connectivity index (χ4n) is 1.86. The van der Waals surface area contributed by atoms with Crippen molar-refractivity contribution in [3.05, 3.63) is 23.4 Å². The zero-order chi connectivity index (χ0) is 11.9. The van der Waals surface area contributed by atoms with Crippen molar-refractivity contribution in [1.82, 2.24) is 4.90 Å². The topological polar surface area (TPSA) is 86.5 Å². The molecule has 2 aliphatic heterocycles. The maximum atomic E-state index is 11.5. The van der Waals surface area contributed by atoms with Crippen LogP contribution in [-0.4, -0.2) is 33.9 Å². The molecule has 0 aromatic rings. The Hall–Kier alpha value is -1.27. The van der Waals surface area contributed by atoms with Crippen LogP contribution in [0.15, 0.2) is 23.4 Å². The van der Waals surface area contributed by atoms with E-state index < -0.39 is 12.0 Å². The van der Waals surface area contributed by atoms with Crippen LogP contribution in [0, 0.1) is 0 Å². The smallest absolute Gasteiger partial charge is 0.248 e. The number of carboxylic acid groups (broad SMARTS) is 1. The highest BCUT2D eigenvalue weighted by Gasteiger charge is 2.49. The number of rotatable bonds is 2. The lowest BCUT2D eigenvalue weighted by atomic mass is 10.0. The van der Waals surface area contributed by atoms with Gasteiger partial charge in [-0.3, -0.25) is 9.69 Å². The highest BCUT2D eigenvalue weighted by Crippen LogP contribution is 2.39. The van der Waals surface area contributed by atoms with Gasteiger partial charge in [-0.05, 0) is 12.5 Å². The normalized spacial score (nSPS) is 29.4. The average Bonchev–Trinajstić information content (AvgIpc) is 2.27. The first-order valence-electron chi connectivity index (χ1n) is 4.85. The number of carboxylic acids is 1. The molecule has 5 nitrogen and oxygen atoms in total. The molecule has 2 unspecified atom stereocenters. The third-order valence-electron chi connectivity index (χ3n) is 2.60. The number of carbonyl (C=O) groups is 2. The number of amides is 1. The quantitative estimate of drug-likeness (QED) is 0.612. The maximum Gasteiger partial charge on any atom is 0.248 e. The largest absolute Gasteiger partial charge is 0.543 e. The van der Waals surface area contributed by atoms with Crippen molar-refractivity contribution in [3.8, 4) is 0 Å². The Bertz CT molecular complexity index is 416. The fourth-order valence-corrected chi connectivity index (χ4v) is 3.12. The summed E-state index contributed by atoms with van der Waals surface area (Å²) in [5.41, 5.74) is 6.16. The van der Waals surface area contributed by atoms with E-state index in [1.54, 1.807) is 19.1 Å². The minimum absolute atomic E-state index is 0.0337. The van der Waals surface area contributed by atoms with Crippen molar-refractivity contribution in [3.63, 3.8) is 0 Å². The number of thioether (sulfide) groups is 1. The number of nitrogens with zero attached hydrogens (tertiary/aromatic N) is 1. The first kappa shape index (κ1) is 11.2. The Morgan fingerprint density at radius 3 is 2.94 bits per heavy atom. The first-order chi connectivity index (χ1) is 7.57. The van der Waals surface area contributed by atoms with Gasteiger partial charge in [0.1, 0.15) is 11.4 Å². The molecule has 0 spiro atoms. The third kappa shape index (κ3) is 1.45. The molecule has 2 heterocycles. The Balaban J connectivity index is 2.41.